The lowest BCUT2D eigenvalue weighted by molar-refractivity contribution is -0.131. The van der Waals surface area contributed by atoms with Crippen molar-refractivity contribution in [1.29, 1.82) is 0 Å². The fraction of sp³-hybridized carbons (Fsp3) is 0.571. The molecule has 0 fully saturated rings. The van der Waals surface area contributed by atoms with E-state index in [-0.39, 0.29) is 18.1 Å². The molecule has 1 rings (SSSR count). The number of rotatable bonds is 2. The van der Waals surface area contributed by atoms with Gasteiger partial charge in [-0.05, 0) is 6.92 Å². The van der Waals surface area contributed by atoms with Crippen molar-refractivity contribution in [2.75, 3.05) is 13.1 Å². The number of nitrogens with zero attached hydrogens (tertiary/aromatic N) is 2. The van der Waals surface area contributed by atoms with E-state index in [1.807, 2.05) is 0 Å². The van der Waals surface area contributed by atoms with Crippen molar-refractivity contribution in [2.24, 2.45) is 4.99 Å². The maximum Gasteiger partial charge on any atom is 0.235 e. The standard InChI is InChI=1S/C7H10N2O2/c1-6(10)4-7(11)9-3-2-8-5-9/h5H,2-4H2,1H3. The molecule has 0 aromatic heterocycles. The number of hydrogen-bond donors (Lipinski definition) is 0. The van der Waals surface area contributed by atoms with Crippen LogP contribution in [0.4, 0.5) is 0 Å². The van der Waals surface area contributed by atoms with Gasteiger partial charge in [-0.15, -0.1) is 0 Å². The van der Waals surface area contributed by atoms with Gasteiger partial charge in [0.15, 0.2) is 0 Å². The topological polar surface area (TPSA) is 49.7 Å². The minimum absolute atomic E-state index is 0.00792. The van der Waals surface area contributed by atoms with Crippen LogP contribution in [-0.2, 0) is 9.59 Å². The van der Waals surface area contributed by atoms with Crippen LogP contribution >= 0.6 is 0 Å². The molecule has 4 nitrogen and oxygen atoms in total. The normalized spacial score (nSPS) is 15.5. The summed E-state index contributed by atoms with van der Waals surface area (Å²) < 4.78 is 0. The van der Waals surface area contributed by atoms with Gasteiger partial charge in [0, 0.05) is 6.54 Å². The summed E-state index contributed by atoms with van der Waals surface area (Å²) in [5.41, 5.74) is 0. The Labute approximate surface area is 64.9 Å². The smallest absolute Gasteiger partial charge is 0.235 e. The zero-order chi connectivity index (χ0) is 8.27. The van der Waals surface area contributed by atoms with Gasteiger partial charge >= 0.3 is 0 Å². The summed E-state index contributed by atoms with van der Waals surface area (Å²) in [5, 5.41) is 0. The van der Waals surface area contributed by atoms with E-state index < -0.39 is 0 Å². The highest BCUT2D eigenvalue weighted by Gasteiger charge is 2.15. The van der Waals surface area contributed by atoms with Crippen LogP contribution in [0.2, 0.25) is 0 Å². The molecule has 60 valence electrons. The molecular weight excluding hydrogens is 144 g/mol. The second-order valence-electron chi connectivity index (χ2n) is 2.49. The average molecular weight is 154 g/mol. The molecule has 0 N–H and O–H groups in total. The Morgan fingerprint density at radius 1 is 1.64 bits per heavy atom. The molecule has 1 aliphatic heterocycles. The van der Waals surface area contributed by atoms with E-state index in [1.54, 1.807) is 0 Å². The molecule has 0 saturated carbocycles. The second-order valence-corrected chi connectivity index (χ2v) is 2.49. The van der Waals surface area contributed by atoms with E-state index in [4.69, 9.17) is 0 Å². The third-order valence-corrected chi connectivity index (χ3v) is 1.41. The molecule has 0 aromatic rings. The highest BCUT2D eigenvalue weighted by Crippen LogP contribution is 1.97. The predicted octanol–water partition coefficient (Wildman–Crippen LogP) is -0.164. The van der Waals surface area contributed by atoms with Gasteiger partial charge in [-0.2, -0.15) is 0 Å². The van der Waals surface area contributed by atoms with Crippen molar-refractivity contribution in [3.63, 3.8) is 0 Å². The minimum atomic E-state index is -0.154. The molecule has 4 heteroatoms. The van der Waals surface area contributed by atoms with Crippen LogP contribution < -0.4 is 0 Å². The summed E-state index contributed by atoms with van der Waals surface area (Å²) in [6, 6.07) is 0. The molecule has 0 radical (unpaired) electrons. The van der Waals surface area contributed by atoms with Crippen LogP contribution in [0.5, 0.6) is 0 Å². The molecule has 0 aliphatic carbocycles. The number of Topliss-reactive ketones (excluding diaryl/α,β-unsaturated/α-hetero) is 1. The second kappa shape index (κ2) is 3.27. The van der Waals surface area contributed by atoms with E-state index in [0.29, 0.717) is 13.1 Å². The predicted molar refractivity (Wildman–Crippen MR) is 40.4 cm³/mol. The molecular formula is C7H10N2O2. The summed E-state index contributed by atoms with van der Waals surface area (Å²) in [6.07, 6.45) is 1.48. The summed E-state index contributed by atoms with van der Waals surface area (Å²) in [7, 11) is 0. The Morgan fingerprint density at radius 3 is 2.82 bits per heavy atom. The van der Waals surface area contributed by atoms with Gasteiger partial charge in [-0.3, -0.25) is 14.6 Å². The highest BCUT2D eigenvalue weighted by molar-refractivity contribution is 6.01. The lowest BCUT2D eigenvalue weighted by Crippen LogP contribution is -2.29. The zero-order valence-electron chi connectivity index (χ0n) is 6.41. The molecule has 0 atom stereocenters. The molecule has 1 heterocycles. The Morgan fingerprint density at radius 2 is 2.36 bits per heavy atom. The Hall–Kier alpha value is -1.19. The van der Waals surface area contributed by atoms with Gasteiger partial charge in [0.05, 0.1) is 19.3 Å². The van der Waals surface area contributed by atoms with Crippen molar-refractivity contribution < 1.29 is 9.59 Å². The maximum atomic E-state index is 11.1. The lowest BCUT2D eigenvalue weighted by atomic mass is 10.3. The number of carbonyl (C=O) groups is 2. The quantitative estimate of drug-likeness (QED) is 0.519. The molecule has 11 heavy (non-hydrogen) atoms. The summed E-state index contributed by atoms with van der Waals surface area (Å²) >= 11 is 0. The van der Waals surface area contributed by atoms with Crippen molar-refractivity contribution in [3.05, 3.63) is 0 Å². The van der Waals surface area contributed by atoms with Gasteiger partial charge in [0.1, 0.15) is 5.78 Å². The first kappa shape index (κ1) is 7.91. The molecule has 0 unspecified atom stereocenters. The summed E-state index contributed by atoms with van der Waals surface area (Å²) in [6.45, 7) is 2.68. The Bertz CT molecular complexity index is 210. The number of amides is 1. The van der Waals surface area contributed by atoms with Gasteiger partial charge in [0.2, 0.25) is 5.91 Å². The SMILES string of the molecule is CC(=O)CC(=O)N1C=NCC1. The molecule has 1 amide bonds. The molecule has 1 aliphatic rings. The first-order valence-corrected chi connectivity index (χ1v) is 3.49. The van der Waals surface area contributed by atoms with Crippen molar-refractivity contribution in [2.45, 2.75) is 13.3 Å². The van der Waals surface area contributed by atoms with Crippen molar-refractivity contribution in [3.8, 4) is 0 Å². The van der Waals surface area contributed by atoms with Gasteiger partial charge in [-0.1, -0.05) is 0 Å². The fourth-order valence-corrected chi connectivity index (χ4v) is 0.883. The van der Waals surface area contributed by atoms with Crippen molar-refractivity contribution in [1.82, 2.24) is 4.90 Å². The van der Waals surface area contributed by atoms with Crippen LogP contribution in [-0.4, -0.2) is 36.0 Å². The Kier molecular flexibility index (Phi) is 2.36. The zero-order valence-corrected chi connectivity index (χ0v) is 6.41. The monoisotopic (exact) mass is 154 g/mol. The van der Waals surface area contributed by atoms with E-state index in [9.17, 15) is 9.59 Å². The van der Waals surface area contributed by atoms with Crippen molar-refractivity contribution >= 4 is 18.0 Å². The van der Waals surface area contributed by atoms with E-state index in [1.165, 1.54) is 18.2 Å². The lowest BCUT2D eigenvalue weighted by Gasteiger charge is -2.09. The first-order chi connectivity index (χ1) is 5.20. The number of carbonyl (C=O) groups excluding carboxylic acids is 2. The summed E-state index contributed by atoms with van der Waals surface area (Å²) in [5.74, 6) is -0.256. The Balaban J connectivity index is 2.41. The van der Waals surface area contributed by atoms with Crippen LogP contribution in [0.3, 0.4) is 0 Å². The van der Waals surface area contributed by atoms with Gasteiger partial charge in [0.25, 0.3) is 0 Å². The molecule has 0 saturated heterocycles. The summed E-state index contributed by atoms with van der Waals surface area (Å²) in [4.78, 5) is 26.9. The van der Waals surface area contributed by atoms with Gasteiger partial charge in [-0.25, -0.2) is 0 Å². The minimum Gasteiger partial charge on any atom is -0.301 e. The number of hydrogen-bond acceptors (Lipinski definition) is 3. The van der Waals surface area contributed by atoms with E-state index >= 15 is 0 Å². The molecule has 0 bridgehead atoms. The average Bonchev–Trinajstić information content (AvgIpc) is 2.35. The first-order valence-electron chi connectivity index (χ1n) is 3.49. The van der Waals surface area contributed by atoms with Gasteiger partial charge < -0.3 is 4.90 Å². The number of ketones is 1. The van der Waals surface area contributed by atoms with Crippen LogP contribution in [0, 0.1) is 0 Å². The van der Waals surface area contributed by atoms with E-state index in [2.05, 4.69) is 4.99 Å². The van der Waals surface area contributed by atoms with Crippen LogP contribution in [0.25, 0.3) is 0 Å². The van der Waals surface area contributed by atoms with Crippen LogP contribution in [0.15, 0.2) is 4.99 Å². The molecule has 0 aromatic carbocycles. The van der Waals surface area contributed by atoms with Crippen LogP contribution in [0.1, 0.15) is 13.3 Å². The largest absolute Gasteiger partial charge is 0.301 e. The third kappa shape index (κ3) is 2.14. The maximum absolute atomic E-state index is 11.1. The molecule has 0 spiro atoms. The fourth-order valence-electron chi connectivity index (χ4n) is 0.883. The third-order valence-electron chi connectivity index (χ3n) is 1.41. The highest BCUT2D eigenvalue weighted by atomic mass is 16.2. The number of aliphatic imine (C=N–C) groups is 1. The van der Waals surface area contributed by atoms with E-state index in [0.717, 1.165) is 0 Å².